The Morgan fingerprint density at radius 1 is 1.77 bits per heavy atom. The van der Waals surface area contributed by atoms with E-state index < -0.39 is 0 Å². The lowest BCUT2D eigenvalue weighted by Crippen LogP contribution is -2.06. The van der Waals surface area contributed by atoms with Crippen molar-refractivity contribution >= 4 is 11.9 Å². The smallest absolute Gasteiger partial charge is 0.305 e. The second-order valence-electron chi connectivity index (χ2n) is 2.66. The minimum Gasteiger partial charge on any atom is -0.469 e. The van der Waals surface area contributed by atoms with Gasteiger partial charge >= 0.3 is 5.97 Å². The third kappa shape index (κ3) is 2.77. The quantitative estimate of drug-likeness (QED) is 0.687. The van der Waals surface area contributed by atoms with Crippen LogP contribution in [-0.4, -0.2) is 22.6 Å². The molecule has 0 aromatic carbocycles. The van der Waals surface area contributed by atoms with E-state index >= 15 is 0 Å². The second kappa shape index (κ2) is 4.49. The Hall–Kier alpha value is -1.52. The van der Waals surface area contributed by atoms with Crippen LogP contribution in [0.3, 0.4) is 0 Å². The molecule has 0 saturated carbocycles. The molecule has 0 aliphatic carbocycles. The van der Waals surface area contributed by atoms with Gasteiger partial charge in [0.05, 0.1) is 7.11 Å². The van der Waals surface area contributed by atoms with E-state index in [-0.39, 0.29) is 5.97 Å². The number of hydrogen-bond donors (Lipinski definition) is 1. The Labute approximate surface area is 76.5 Å². The van der Waals surface area contributed by atoms with E-state index in [1.54, 1.807) is 17.0 Å². The molecule has 5 nitrogen and oxygen atoms in total. The first-order valence-corrected chi connectivity index (χ1v) is 4.07. The number of rotatable bonds is 4. The summed E-state index contributed by atoms with van der Waals surface area (Å²) < 4.78 is 6.30. The van der Waals surface area contributed by atoms with Crippen LogP contribution >= 0.6 is 0 Å². The molecule has 0 aliphatic rings. The lowest BCUT2D eigenvalue weighted by atomic mass is 10.3. The number of anilines is 1. The van der Waals surface area contributed by atoms with Gasteiger partial charge in [-0.25, -0.2) is 4.98 Å². The lowest BCUT2D eigenvalue weighted by molar-refractivity contribution is -0.140. The maximum atomic E-state index is 10.7. The van der Waals surface area contributed by atoms with E-state index in [1.165, 1.54) is 7.11 Å². The van der Waals surface area contributed by atoms with Crippen molar-refractivity contribution in [2.75, 3.05) is 12.8 Å². The van der Waals surface area contributed by atoms with Gasteiger partial charge in [-0.1, -0.05) is 0 Å². The summed E-state index contributed by atoms with van der Waals surface area (Å²) in [6.45, 7) is 0.695. The number of hydrogen-bond acceptors (Lipinski definition) is 4. The highest BCUT2D eigenvalue weighted by Crippen LogP contribution is 2.02. The van der Waals surface area contributed by atoms with E-state index in [1.807, 2.05) is 0 Å². The Balaban J connectivity index is 2.28. The first-order chi connectivity index (χ1) is 6.24. The minimum atomic E-state index is -0.196. The molecule has 0 saturated heterocycles. The van der Waals surface area contributed by atoms with Crippen LogP contribution < -0.4 is 5.73 Å². The van der Waals surface area contributed by atoms with Crippen molar-refractivity contribution in [2.24, 2.45) is 0 Å². The average molecular weight is 183 g/mol. The van der Waals surface area contributed by atoms with Gasteiger partial charge in [0.25, 0.3) is 0 Å². The van der Waals surface area contributed by atoms with Gasteiger partial charge in [-0.15, -0.1) is 0 Å². The Morgan fingerprint density at radius 3 is 3.08 bits per heavy atom. The van der Waals surface area contributed by atoms with Crippen LogP contribution in [0.2, 0.25) is 0 Å². The number of carbonyl (C=O) groups is 1. The standard InChI is InChI=1S/C8H13N3O2/c1-13-7(12)3-2-5-11-6-4-10-8(11)9/h4,6H,2-3,5H2,1H3,(H2,9,10). The molecule has 0 spiro atoms. The molecule has 1 rings (SSSR count). The first kappa shape index (κ1) is 9.57. The van der Waals surface area contributed by atoms with Crippen LogP contribution in [0.5, 0.6) is 0 Å². The summed E-state index contributed by atoms with van der Waals surface area (Å²) in [6.07, 6.45) is 4.54. The summed E-state index contributed by atoms with van der Waals surface area (Å²) >= 11 is 0. The molecule has 0 aliphatic heterocycles. The zero-order chi connectivity index (χ0) is 9.68. The molecule has 1 heterocycles. The van der Waals surface area contributed by atoms with Crippen LogP contribution in [0.15, 0.2) is 12.4 Å². The van der Waals surface area contributed by atoms with Crippen LogP contribution in [0.4, 0.5) is 5.95 Å². The normalized spacial score (nSPS) is 9.92. The van der Waals surface area contributed by atoms with Gasteiger partial charge < -0.3 is 15.0 Å². The fraction of sp³-hybridized carbons (Fsp3) is 0.500. The summed E-state index contributed by atoms with van der Waals surface area (Å²) in [5, 5.41) is 0. The molecule has 0 fully saturated rings. The highest BCUT2D eigenvalue weighted by molar-refractivity contribution is 5.68. The van der Waals surface area contributed by atoms with E-state index in [0.29, 0.717) is 25.3 Å². The topological polar surface area (TPSA) is 70.1 Å². The molecule has 1 aromatic heterocycles. The summed E-state index contributed by atoms with van der Waals surface area (Å²) in [6, 6.07) is 0. The molecule has 0 unspecified atom stereocenters. The van der Waals surface area contributed by atoms with Crippen molar-refractivity contribution in [3.05, 3.63) is 12.4 Å². The Morgan fingerprint density at radius 2 is 2.54 bits per heavy atom. The number of imidazole rings is 1. The van der Waals surface area contributed by atoms with Gasteiger partial charge in [0.15, 0.2) is 5.95 Å². The molecule has 1 aromatic rings. The van der Waals surface area contributed by atoms with Gasteiger partial charge in [0, 0.05) is 25.4 Å². The fourth-order valence-corrected chi connectivity index (χ4v) is 1.03. The number of ether oxygens (including phenoxy) is 1. The number of methoxy groups -OCH3 is 1. The predicted molar refractivity (Wildman–Crippen MR) is 47.9 cm³/mol. The van der Waals surface area contributed by atoms with E-state index in [9.17, 15) is 4.79 Å². The number of nitrogens with two attached hydrogens (primary N) is 1. The largest absolute Gasteiger partial charge is 0.469 e. The van der Waals surface area contributed by atoms with Crippen molar-refractivity contribution in [3.8, 4) is 0 Å². The minimum absolute atomic E-state index is 0.196. The number of carbonyl (C=O) groups excluding carboxylic acids is 1. The third-order valence-corrected chi connectivity index (χ3v) is 1.76. The summed E-state index contributed by atoms with van der Waals surface area (Å²) in [5.41, 5.74) is 5.53. The zero-order valence-corrected chi connectivity index (χ0v) is 7.56. The molecule has 0 atom stereocenters. The zero-order valence-electron chi connectivity index (χ0n) is 7.56. The summed E-state index contributed by atoms with van der Waals surface area (Å²) in [7, 11) is 1.38. The maximum absolute atomic E-state index is 10.7. The van der Waals surface area contributed by atoms with Crippen molar-refractivity contribution in [3.63, 3.8) is 0 Å². The number of esters is 1. The van der Waals surface area contributed by atoms with E-state index in [0.717, 1.165) is 0 Å². The van der Waals surface area contributed by atoms with Gasteiger partial charge in [-0.2, -0.15) is 0 Å². The molecule has 2 N–H and O–H groups in total. The molecule has 5 heteroatoms. The van der Waals surface area contributed by atoms with Gasteiger partial charge in [-0.3, -0.25) is 4.79 Å². The monoisotopic (exact) mass is 183 g/mol. The maximum Gasteiger partial charge on any atom is 0.305 e. The van der Waals surface area contributed by atoms with Gasteiger partial charge in [0.1, 0.15) is 0 Å². The molecule has 0 bridgehead atoms. The van der Waals surface area contributed by atoms with Crippen LogP contribution in [0.1, 0.15) is 12.8 Å². The highest BCUT2D eigenvalue weighted by Gasteiger charge is 2.01. The van der Waals surface area contributed by atoms with Crippen molar-refractivity contribution < 1.29 is 9.53 Å². The van der Waals surface area contributed by atoms with Crippen molar-refractivity contribution in [2.45, 2.75) is 19.4 Å². The third-order valence-electron chi connectivity index (χ3n) is 1.76. The Bertz CT molecular complexity index is 283. The first-order valence-electron chi connectivity index (χ1n) is 4.07. The molecule has 0 radical (unpaired) electrons. The molecular formula is C8H13N3O2. The van der Waals surface area contributed by atoms with Crippen LogP contribution in [0.25, 0.3) is 0 Å². The Kier molecular flexibility index (Phi) is 3.31. The number of aromatic nitrogens is 2. The highest BCUT2D eigenvalue weighted by atomic mass is 16.5. The van der Waals surface area contributed by atoms with Gasteiger partial charge in [0.2, 0.25) is 0 Å². The van der Waals surface area contributed by atoms with E-state index in [2.05, 4.69) is 9.72 Å². The van der Waals surface area contributed by atoms with Crippen LogP contribution in [-0.2, 0) is 16.1 Å². The fourth-order valence-electron chi connectivity index (χ4n) is 1.03. The average Bonchev–Trinajstić information content (AvgIpc) is 2.52. The van der Waals surface area contributed by atoms with Crippen LogP contribution in [0, 0.1) is 0 Å². The summed E-state index contributed by atoms with van der Waals surface area (Å²) in [5.74, 6) is 0.281. The second-order valence-corrected chi connectivity index (χ2v) is 2.66. The van der Waals surface area contributed by atoms with E-state index in [4.69, 9.17) is 5.73 Å². The number of aryl methyl sites for hydroxylation is 1. The van der Waals surface area contributed by atoms with Crippen molar-refractivity contribution in [1.82, 2.24) is 9.55 Å². The van der Waals surface area contributed by atoms with Crippen molar-refractivity contribution in [1.29, 1.82) is 0 Å². The molecule has 72 valence electrons. The molecule has 13 heavy (non-hydrogen) atoms. The molecule has 0 amide bonds. The molecular weight excluding hydrogens is 170 g/mol. The SMILES string of the molecule is COC(=O)CCCn1ccnc1N. The lowest BCUT2D eigenvalue weighted by Gasteiger charge is -2.02. The number of nitrogens with zero attached hydrogens (tertiary/aromatic N) is 2. The number of nitrogen functional groups attached to an aromatic ring is 1. The summed E-state index contributed by atoms with van der Waals surface area (Å²) in [4.78, 5) is 14.6. The predicted octanol–water partition coefficient (Wildman–Crippen LogP) is 0.418. The van der Waals surface area contributed by atoms with Gasteiger partial charge in [-0.05, 0) is 6.42 Å².